The third-order valence-corrected chi connectivity index (χ3v) is 3.32. The Kier molecular flexibility index (Phi) is 3.85. The molecule has 0 aliphatic carbocycles. The molecule has 1 heterocycles. The first kappa shape index (κ1) is 14.2. The van der Waals surface area contributed by atoms with Crippen LogP contribution in [0.5, 0.6) is 0 Å². The molecular formula is C14H15FN2O3. The van der Waals surface area contributed by atoms with Crippen LogP contribution in [0.15, 0.2) is 23.9 Å². The maximum absolute atomic E-state index is 13.4. The van der Waals surface area contributed by atoms with E-state index in [1.165, 1.54) is 18.2 Å². The summed E-state index contributed by atoms with van der Waals surface area (Å²) in [6.45, 7) is 3.05. The molecule has 0 radical (unpaired) electrons. The highest BCUT2D eigenvalue weighted by Crippen LogP contribution is 2.24. The Morgan fingerprint density at radius 2 is 1.95 bits per heavy atom. The molecule has 0 fully saturated rings. The van der Waals surface area contributed by atoms with Crippen molar-refractivity contribution in [1.29, 1.82) is 0 Å². The number of imide groups is 1. The molecule has 1 aromatic rings. The number of nitrogens with zero attached hydrogens (tertiary/aromatic N) is 1. The Morgan fingerprint density at radius 3 is 2.60 bits per heavy atom. The molecule has 20 heavy (non-hydrogen) atoms. The monoisotopic (exact) mass is 278 g/mol. The van der Waals surface area contributed by atoms with Crippen LogP contribution < -0.4 is 5.32 Å². The first-order chi connectivity index (χ1) is 9.45. The van der Waals surface area contributed by atoms with Crippen molar-refractivity contribution >= 4 is 17.5 Å². The normalized spacial score (nSPS) is 14.8. The number of rotatable bonds is 4. The summed E-state index contributed by atoms with van der Waals surface area (Å²) < 4.78 is 13.4. The lowest BCUT2D eigenvalue weighted by Crippen LogP contribution is -2.34. The van der Waals surface area contributed by atoms with Gasteiger partial charge in [0, 0.05) is 11.8 Å². The first-order valence-corrected chi connectivity index (χ1v) is 6.16. The second-order valence-electron chi connectivity index (χ2n) is 4.55. The average molecular weight is 278 g/mol. The molecule has 6 heteroatoms. The fraction of sp³-hybridized carbons (Fsp3) is 0.286. The lowest BCUT2D eigenvalue weighted by Gasteiger charge is -2.15. The zero-order chi connectivity index (χ0) is 14.9. The van der Waals surface area contributed by atoms with Crippen LogP contribution in [0, 0.1) is 19.7 Å². The van der Waals surface area contributed by atoms with E-state index in [9.17, 15) is 14.0 Å². The number of anilines is 1. The number of aliphatic hydroxyl groups is 1. The van der Waals surface area contributed by atoms with E-state index in [4.69, 9.17) is 5.11 Å². The number of amides is 2. The largest absolute Gasteiger partial charge is 0.395 e. The van der Waals surface area contributed by atoms with Gasteiger partial charge in [0.15, 0.2) is 0 Å². The molecule has 0 spiro atoms. The van der Waals surface area contributed by atoms with Gasteiger partial charge < -0.3 is 10.4 Å². The van der Waals surface area contributed by atoms with Gasteiger partial charge in [-0.3, -0.25) is 14.5 Å². The van der Waals surface area contributed by atoms with Gasteiger partial charge in [0.2, 0.25) is 0 Å². The summed E-state index contributed by atoms with van der Waals surface area (Å²) in [6.07, 6.45) is 1.18. The van der Waals surface area contributed by atoms with Crippen molar-refractivity contribution in [3.63, 3.8) is 0 Å². The van der Waals surface area contributed by atoms with Gasteiger partial charge >= 0.3 is 0 Å². The summed E-state index contributed by atoms with van der Waals surface area (Å²) in [4.78, 5) is 24.5. The van der Waals surface area contributed by atoms with E-state index in [1.54, 1.807) is 13.8 Å². The van der Waals surface area contributed by atoms with Gasteiger partial charge in [0.05, 0.1) is 13.2 Å². The van der Waals surface area contributed by atoms with Gasteiger partial charge in [-0.15, -0.1) is 0 Å². The summed E-state index contributed by atoms with van der Waals surface area (Å²) in [5, 5.41) is 11.7. The molecule has 0 bridgehead atoms. The average Bonchev–Trinajstić information content (AvgIpc) is 2.67. The van der Waals surface area contributed by atoms with Crippen LogP contribution in [0.1, 0.15) is 11.1 Å². The minimum Gasteiger partial charge on any atom is -0.395 e. The summed E-state index contributed by atoms with van der Waals surface area (Å²) in [6, 6.07) is 2.82. The zero-order valence-corrected chi connectivity index (χ0v) is 11.2. The van der Waals surface area contributed by atoms with Crippen LogP contribution in [-0.4, -0.2) is 35.0 Å². The second-order valence-corrected chi connectivity index (χ2v) is 4.55. The Balaban J connectivity index is 2.24. The van der Waals surface area contributed by atoms with Crippen molar-refractivity contribution in [3.05, 3.63) is 40.8 Å². The standard InChI is InChI=1S/C14H15FN2O3/c1-8-9(2)11(4-3-10(8)15)16-12-7-13(19)17(5-6-18)14(12)20/h3-4,7,16,18H,5-6H2,1-2H3. The molecule has 2 N–H and O–H groups in total. The molecule has 2 rings (SSSR count). The number of halogens is 1. The predicted octanol–water partition coefficient (Wildman–Crippen LogP) is 1.10. The maximum Gasteiger partial charge on any atom is 0.277 e. The Hall–Kier alpha value is -2.21. The van der Waals surface area contributed by atoms with Crippen LogP contribution in [0.25, 0.3) is 0 Å². The van der Waals surface area contributed by atoms with E-state index in [1.807, 2.05) is 0 Å². The molecule has 2 amide bonds. The lowest BCUT2D eigenvalue weighted by atomic mass is 10.1. The van der Waals surface area contributed by atoms with Gasteiger partial charge in [-0.25, -0.2) is 4.39 Å². The number of benzene rings is 1. The SMILES string of the molecule is Cc1c(F)ccc(NC2=CC(=O)N(CCO)C2=O)c1C. The van der Waals surface area contributed by atoms with Crippen LogP contribution in [-0.2, 0) is 9.59 Å². The number of carbonyl (C=O) groups is 2. The number of hydrogen-bond acceptors (Lipinski definition) is 4. The van der Waals surface area contributed by atoms with E-state index >= 15 is 0 Å². The molecule has 1 aliphatic rings. The van der Waals surface area contributed by atoms with Gasteiger partial charge in [0.1, 0.15) is 11.5 Å². The lowest BCUT2D eigenvalue weighted by molar-refractivity contribution is -0.137. The molecular weight excluding hydrogens is 263 g/mol. The third kappa shape index (κ3) is 2.42. The minimum atomic E-state index is -0.495. The highest BCUT2D eigenvalue weighted by molar-refractivity contribution is 6.17. The topological polar surface area (TPSA) is 69.6 Å². The van der Waals surface area contributed by atoms with E-state index in [0.29, 0.717) is 16.8 Å². The van der Waals surface area contributed by atoms with Crippen LogP contribution in [0.4, 0.5) is 10.1 Å². The number of aliphatic hydroxyl groups excluding tert-OH is 1. The Morgan fingerprint density at radius 1 is 1.25 bits per heavy atom. The van der Waals surface area contributed by atoms with Gasteiger partial charge in [-0.1, -0.05) is 0 Å². The fourth-order valence-electron chi connectivity index (χ4n) is 1.98. The zero-order valence-electron chi connectivity index (χ0n) is 11.2. The molecule has 0 saturated heterocycles. The van der Waals surface area contributed by atoms with Gasteiger partial charge in [0.25, 0.3) is 11.8 Å². The quantitative estimate of drug-likeness (QED) is 0.809. The Labute approximate surface area is 115 Å². The molecule has 0 unspecified atom stereocenters. The molecule has 0 saturated carbocycles. The van der Waals surface area contributed by atoms with Gasteiger partial charge in [-0.2, -0.15) is 0 Å². The molecule has 0 atom stereocenters. The summed E-state index contributed by atoms with van der Waals surface area (Å²) >= 11 is 0. The number of carbonyl (C=O) groups excluding carboxylic acids is 2. The van der Waals surface area contributed by atoms with Crippen molar-refractivity contribution in [3.8, 4) is 0 Å². The van der Waals surface area contributed by atoms with Gasteiger partial charge in [-0.05, 0) is 37.1 Å². The van der Waals surface area contributed by atoms with Crippen molar-refractivity contribution < 1.29 is 19.1 Å². The number of β-amino-alcohol motifs (C(OH)–C–C–N with tert-alkyl or cyclic N) is 1. The second kappa shape index (κ2) is 5.42. The smallest absolute Gasteiger partial charge is 0.277 e. The predicted molar refractivity (Wildman–Crippen MR) is 71.4 cm³/mol. The fourth-order valence-corrected chi connectivity index (χ4v) is 1.98. The molecule has 106 valence electrons. The van der Waals surface area contributed by atoms with E-state index < -0.39 is 11.8 Å². The highest BCUT2D eigenvalue weighted by atomic mass is 19.1. The molecule has 5 nitrogen and oxygen atoms in total. The summed E-state index contributed by atoms with van der Waals surface area (Å²) in [5.41, 5.74) is 1.85. The van der Waals surface area contributed by atoms with Crippen molar-refractivity contribution in [1.82, 2.24) is 4.90 Å². The third-order valence-electron chi connectivity index (χ3n) is 3.32. The maximum atomic E-state index is 13.4. The van der Waals surface area contributed by atoms with Crippen LogP contribution in [0.3, 0.4) is 0 Å². The number of nitrogens with one attached hydrogen (secondary N) is 1. The molecule has 0 aromatic heterocycles. The minimum absolute atomic E-state index is 0.0409. The summed E-state index contributed by atoms with van der Waals surface area (Å²) in [7, 11) is 0. The first-order valence-electron chi connectivity index (χ1n) is 6.16. The summed E-state index contributed by atoms with van der Waals surface area (Å²) in [5.74, 6) is -1.29. The highest BCUT2D eigenvalue weighted by Gasteiger charge is 2.30. The van der Waals surface area contributed by atoms with E-state index in [2.05, 4.69) is 5.32 Å². The molecule has 1 aliphatic heterocycles. The van der Waals surface area contributed by atoms with Crippen LogP contribution in [0.2, 0.25) is 0 Å². The molecule has 1 aromatic carbocycles. The van der Waals surface area contributed by atoms with Crippen molar-refractivity contribution in [2.75, 3.05) is 18.5 Å². The Bertz CT molecular complexity index is 611. The number of hydrogen-bond donors (Lipinski definition) is 2. The van der Waals surface area contributed by atoms with Crippen LogP contribution >= 0.6 is 0 Å². The van der Waals surface area contributed by atoms with E-state index in [-0.39, 0.29) is 24.7 Å². The van der Waals surface area contributed by atoms with Crippen molar-refractivity contribution in [2.45, 2.75) is 13.8 Å². The van der Waals surface area contributed by atoms with Crippen molar-refractivity contribution in [2.24, 2.45) is 0 Å². The van der Waals surface area contributed by atoms with E-state index in [0.717, 1.165) is 4.90 Å².